The molecule has 9 heteroatoms. The Balaban J connectivity index is 1.60. The normalized spacial score (nSPS) is 15.0. The molecule has 1 aliphatic heterocycles. The zero-order valence-corrected chi connectivity index (χ0v) is 20.9. The first-order valence-corrected chi connectivity index (χ1v) is 11.6. The van der Waals surface area contributed by atoms with Crippen LogP contribution in [0.2, 0.25) is 10.0 Å². The lowest BCUT2D eigenvalue weighted by atomic mass is 10.1. The fourth-order valence-electron chi connectivity index (χ4n) is 3.29. The van der Waals surface area contributed by atoms with Crippen LogP contribution in [0.15, 0.2) is 70.7 Å². The summed E-state index contributed by atoms with van der Waals surface area (Å²) in [4.78, 5) is 38.7. The number of hydrogen-bond donors (Lipinski definition) is 1. The lowest BCUT2D eigenvalue weighted by Crippen LogP contribution is -2.54. The topological polar surface area (TPSA) is 75.7 Å². The number of rotatable bonds is 5. The number of anilines is 1. The molecule has 4 rings (SSSR count). The number of benzene rings is 3. The van der Waals surface area contributed by atoms with Crippen LogP contribution in [-0.4, -0.2) is 17.8 Å². The fraction of sp³-hybridized carbons (Fsp3) is 0.0800. The zero-order valence-electron chi connectivity index (χ0n) is 17.8. The second-order valence-corrected chi connectivity index (χ2v) is 9.22. The van der Waals surface area contributed by atoms with Crippen LogP contribution in [-0.2, 0) is 16.2 Å². The van der Waals surface area contributed by atoms with Gasteiger partial charge in [0.15, 0.2) is 5.75 Å². The Morgan fingerprint density at radius 3 is 2.32 bits per heavy atom. The van der Waals surface area contributed by atoms with Gasteiger partial charge in [-0.2, -0.15) is 0 Å². The third-order valence-electron chi connectivity index (χ3n) is 5.02. The number of imide groups is 2. The summed E-state index contributed by atoms with van der Waals surface area (Å²) in [7, 11) is 0. The number of hydrogen-bond acceptors (Lipinski definition) is 4. The van der Waals surface area contributed by atoms with E-state index in [2.05, 4.69) is 21.2 Å². The van der Waals surface area contributed by atoms with Gasteiger partial charge in [-0.3, -0.25) is 14.9 Å². The van der Waals surface area contributed by atoms with Crippen LogP contribution in [0.3, 0.4) is 0 Å². The Morgan fingerprint density at radius 1 is 1.00 bits per heavy atom. The van der Waals surface area contributed by atoms with Crippen molar-refractivity contribution in [3.63, 3.8) is 0 Å². The molecular formula is C25H17BrCl2N2O4. The van der Waals surface area contributed by atoms with Gasteiger partial charge in [0.2, 0.25) is 0 Å². The van der Waals surface area contributed by atoms with E-state index in [-0.39, 0.29) is 11.3 Å². The molecule has 0 spiro atoms. The number of aryl methyl sites for hydroxylation is 1. The summed E-state index contributed by atoms with van der Waals surface area (Å²) in [5.74, 6) is -1.13. The molecule has 0 radical (unpaired) electrons. The van der Waals surface area contributed by atoms with Crippen LogP contribution < -0.4 is 15.0 Å². The monoisotopic (exact) mass is 558 g/mol. The van der Waals surface area contributed by atoms with Gasteiger partial charge in [-0.25, -0.2) is 9.69 Å². The number of halogens is 3. The van der Waals surface area contributed by atoms with Gasteiger partial charge in [-0.1, -0.05) is 53.0 Å². The number of amides is 4. The molecule has 34 heavy (non-hydrogen) atoms. The average molecular weight is 560 g/mol. The first-order valence-electron chi connectivity index (χ1n) is 10.1. The number of ether oxygens (including phenoxy) is 1. The predicted octanol–water partition coefficient (Wildman–Crippen LogP) is 6.31. The molecule has 0 unspecified atom stereocenters. The van der Waals surface area contributed by atoms with Crippen molar-refractivity contribution in [3.05, 3.63) is 97.4 Å². The van der Waals surface area contributed by atoms with Gasteiger partial charge in [0.1, 0.15) is 12.2 Å². The van der Waals surface area contributed by atoms with Crippen molar-refractivity contribution in [3.8, 4) is 5.75 Å². The molecule has 0 atom stereocenters. The molecule has 1 heterocycles. The van der Waals surface area contributed by atoms with E-state index < -0.39 is 17.8 Å². The van der Waals surface area contributed by atoms with Crippen molar-refractivity contribution in [1.29, 1.82) is 0 Å². The van der Waals surface area contributed by atoms with E-state index >= 15 is 0 Å². The van der Waals surface area contributed by atoms with Crippen LogP contribution in [0.1, 0.15) is 16.7 Å². The summed E-state index contributed by atoms with van der Waals surface area (Å²) in [6.07, 6.45) is 1.37. The molecule has 4 amide bonds. The highest BCUT2D eigenvalue weighted by molar-refractivity contribution is 9.10. The van der Waals surface area contributed by atoms with E-state index in [1.165, 1.54) is 18.2 Å². The third kappa shape index (κ3) is 5.17. The number of barbiturate groups is 1. The summed E-state index contributed by atoms with van der Waals surface area (Å²) in [5.41, 5.74) is 2.67. The maximum absolute atomic E-state index is 13.0. The minimum atomic E-state index is -0.839. The van der Waals surface area contributed by atoms with Gasteiger partial charge in [0.05, 0.1) is 15.2 Å². The van der Waals surface area contributed by atoms with E-state index in [0.717, 1.165) is 16.0 Å². The lowest BCUT2D eigenvalue weighted by Gasteiger charge is -2.26. The van der Waals surface area contributed by atoms with Crippen molar-refractivity contribution in [2.45, 2.75) is 13.5 Å². The summed E-state index contributed by atoms with van der Waals surface area (Å²) < 4.78 is 6.42. The van der Waals surface area contributed by atoms with E-state index in [9.17, 15) is 14.4 Å². The van der Waals surface area contributed by atoms with Crippen LogP contribution in [0, 0.1) is 6.92 Å². The van der Waals surface area contributed by atoms with Crippen molar-refractivity contribution < 1.29 is 19.1 Å². The molecule has 172 valence electrons. The molecule has 1 aliphatic rings. The molecule has 3 aromatic rings. The van der Waals surface area contributed by atoms with Crippen molar-refractivity contribution >= 4 is 68.7 Å². The van der Waals surface area contributed by atoms with Crippen LogP contribution in [0.25, 0.3) is 6.08 Å². The highest BCUT2D eigenvalue weighted by Crippen LogP contribution is 2.36. The number of carbonyl (C=O) groups excluding carboxylic acids is 3. The molecular weight excluding hydrogens is 543 g/mol. The number of urea groups is 1. The molecule has 0 bridgehead atoms. The molecule has 0 aromatic heterocycles. The van der Waals surface area contributed by atoms with Crippen molar-refractivity contribution in [1.82, 2.24) is 5.32 Å². The molecule has 0 aliphatic carbocycles. The van der Waals surface area contributed by atoms with E-state index in [4.69, 9.17) is 27.9 Å². The average Bonchev–Trinajstić information content (AvgIpc) is 2.78. The van der Waals surface area contributed by atoms with Crippen LogP contribution in [0.4, 0.5) is 10.5 Å². The standard InChI is InChI=1S/C25H17BrCl2N2O4/c1-14-2-4-15(5-3-14)13-34-22-20(26)11-16(12-21(22)28)10-19-23(31)29-25(33)30(24(19)32)18-8-6-17(27)7-9-18/h2-12H,13H2,1H3,(H,29,31,33)/b19-10+. The Labute approximate surface area is 214 Å². The Hall–Kier alpha value is -3.13. The molecule has 1 fully saturated rings. The van der Waals surface area contributed by atoms with Gasteiger partial charge in [0, 0.05) is 5.02 Å². The summed E-state index contributed by atoms with van der Waals surface area (Å²) >= 11 is 15.8. The maximum Gasteiger partial charge on any atom is 0.335 e. The van der Waals surface area contributed by atoms with Gasteiger partial charge < -0.3 is 4.74 Å². The second-order valence-electron chi connectivity index (χ2n) is 7.52. The highest BCUT2D eigenvalue weighted by atomic mass is 79.9. The van der Waals surface area contributed by atoms with Crippen molar-refractivity contribution in [2.24, 2.45) is 0 Å². The minimum Gasteiger partial charge on any atom is -0.486 e. The van der Waals surface area contributed by atoms with Gasteiger partial charge in [-0.15, -0.1) is 0 Å². The highest BCUT2D eigenvalue weighted by Gasteiger charge is 2.36. The van der Waals surface area contributed by atoms with E-state index in [0.29, 0.717) is 32.4 Å². The largest absolute Gasteiger partial charge is 0.486 e. The summed E-state index contributed by atoms with van der Waals surface area (Å²) in [6, 6.07) is 16.5. The quantitative estimate of drug-likeness (QED) is 0.293. The van der Waals surface area contributed by atoms with Gasteiger partial charge in [-0.05, 0) is 76.5 Å². The number of nitrogens with one attached hydrogen (secondary N) is 1. The van der Waals surface area contributed by atoms with Crippen LogP contribution in [0.5, 0.6) is 5.75 Å². The maximum atomic E-state index is 13.0. The Bertz CT molecular complexity index is 1300. The molecule has 3 aromatic carbocycles. The zero-order chi connectivity index (χ0) is 24.4. The molecule has 1 N–H and O–H groups in total. The summed E-state index contributed by atoms with van der Waals surface area (Å²) in [5, 5.41) is 2.93. The number of nitrogens with zero attached hydrogens (tertiary/aromatic N) is 1. The molecule has 1 saturated heterocycles. The first-order chi connectivity index (χ1) is 16.2. The fourth-order valence-corrected chi connectivity index (χ4v) is 4.40. The van der Waals surface area contributed by atoms with E-state index in [1.54, 1.807) is 24.3 Å². The lowest BCUT2D eigenvalue weighted by molar-refractivity contribution is -0.122. The Morgan fingerprint density at radius 2 is 1.68 bits per heavy atom. The second kappa shape index (κ2) is 10.0. The first kappa shape index (κ1) is 24.0. The SMILES string of the molecule is Cc1ccc(COc2c(Cl)cc(/C=C3\C(=O)NC(=O)N(c4ccc(Cl)cc4)C3=O)cc2Br)cc1. The van der Waals surface area contributed by atoms with E-state index in [1.807, 2.05) is 31.2 Å². The van der Waals surface area contributed by atoms with Crippen molar-refractivity contribution in [2.75, 3.05) is 4.90 Å². The van der Waals surface area contributed by atoms with Crippen LogP contribution >= 0.6 is 39.1 Å². The molecule has 0 saturated carbocycles. The molecule has 6 nitrogen and oxygen atoms in total. The predicted molar refractivity (Wildman–Crippen MR) is 135 cm³/mol. The smallest absolute Gasteiger partial charge is 0.335 e. The number of carbonyl (C=O) groups is 3. The summed E-state index contributed by atoms with van der Waals surface area (Å²) in [6.45, 7) is 2.32. The van der Waals surface area contributed by atoms with Gasteiger partial charge >= 0.3 is 6.03 Å². The Kier molecular flexibility index (Phi) is 7.07. The minimum absolute atomic E-state index is 0.217. The third-order valence-corrected chi connectivity index (χ3v) is 6.14. The van der Waals surface area contributed by atoms with Gasteiger partial charge in [0.25, 0.3) is 11.8 Å².